The van der Waals surface area contributed by atoms with E-state index in [9.17, 15) is 38.4 Å². The van der Waals surface area contributed by atoms with E-state index in [1.54, 1.807) is 27.7 Å². The molecular weight excluding hydrogens is 813 g/mol. The van der Waals surface area contributed by atoms with Gasteiger partial charge in [0.2, 0.25) is 11.8 Å². The maximum atomic E-state index is 14.1. The van der Waals surface area contributed by atoms with Crippen molar-refractivity contribution in [2.45, 2.75) is 158 Å². The molecule has 4 aliphatic carbocycles. The molecule has 0 aromatic heterocycles. The summed E-state index contributed by atoms with van der Waals surface area (Å²) in [5.41, 5.74) is 1.39. The molecule has 12 heteroatoms. The number of hydrogen-bond acceptors (Lipinski definition) is 10. The molecule has 350 valence electrons. The van der Waals surface area contributed by atoms with E-state index in [0.29, 0.717) is 71.7 Å². The number of fused-ring (bicyclic) bond motifs is 2. The van der Waals surface area contributed by atoms with Gasteiger partial charge in [-0.15, -0.1) is 0 Å². The van der Waals surface area contributed by atoms with Gasteiger partial charge in [-0.3, -0.25) is 28.8 Å². The summed E-state index contributed by atoms with van der Waals surface area (Å²) in [6, 6.07) is 0. The van der Waals surface area contributed by atoms with Gasteiger partial charge in [-0.05, 0) is 125 Å². The number of unbranched alkanes of at least 4 members (excludes halogenated alkanes) is 2. The number of hydrogen-bond donors (Lipinski definition) is 2. The van der Waals surface area contributed by atoms with Crippen molar-refractivity contribution in [3.05, 3.63) is 68.9 Å². The summed E-state index contributed by atoms with van der Waals surface area (Å²) in [7, 11) is 0. The number of esters is 2. The zero-order valence-corrected chi connectivity index (χ0v) is 39.9. The molecule has 0 spiro atoms. The Labute approximate surface area is 380 Å². The van der Waals surface area contributed by atoms with Gasteiger partial charge in [0.05, 0.1) is 0 Å². The van der Waals surface area contributed by atoms with Crippen LogP contribution < -0.4 is 10.6 Å². The van der Waals surface area contributed by atoms with Crippen LogP contribution in [0.4, 0.5) is 0 Å². The number of nitrogens with one attached hydrogen (secondary N) is 2. The molecule has 64 heavy (non-hydrogen) atoms. The molecule has 0 heterocycles. The lowest BCUT2D eigenvalue weighted by Gasteiger charge is -2.48. The monoisotopic (exact) mass is 885 g/mol. The number of carbonyl (C=O) groups is 8. The summed E-state index contributed by atoms with van der Waals surface area (Å²) in [5.74, 6) is -3.08. The highest BCUT2D eigenvalue weighted by atomic mass is 16.5. The molecule has 0 aromatic rings. The first-order valence-electron chi connectivity index (χ1n) is 23.4. The molecule has 0 saturated heterocycles. The molecule has 2 unspecified atom stereocenters. The fraction of sp³-hybridized carbons (Fsp3) is 0.615. The second kappa shape index (κ2) is 22.8. The molecule has 8 atom stereocenters. The van der Waals surface area contributed by atoms with Crippen LogP contribution in [0.5, 0.6) is 0 Å². The van der Waals surface area contributed by atoms with E-state index in [0.717, 1.165) is 38.5 Å². The normalized spacial score (nSPS) is 28.5. The quantitative estimate of drug-likeness (QED) is 0.0555. The maximum absolute atomic E-state index is 14.1. The molecule has 2 amide bonds. The Morgan fingerprint density at radius 3 is 1.34 bits per heavy atom. The Morgan fingerprint density at radius 2 is 1.02 bits per heavy atom. The van der Waals surface area contributed by atoms with Crippen molar-refractivity contribution in [2.75, 3.05) is 13.1 Å². The van der Waals surface area contributed by atoms with Gasteiger partial charge in [0.15, 0.2) is 11.6 Å². The second-order valence-electron chi connectivity index (χ2n) is 19.2. The van der Waals surface area contributed by atoms with Gasteiger partial charge < -0.3 is 20.1 Å². The van der Waals surface area contributed by atoms with Crippen LogP contribution in [-0.4, -0.2) is 73.2 Å². The third kappa shape index (κ3) is 12.0. The highest BCUT2D eigenvalue weighted by Gasteiger charge is 2.53. The largest absolute Gasteiger partial charge is 0.454 e. The first-order valence-corrected chi connectivity index (χ1v) is 23.4. The van der Waals surface area contributed by atoms with Gasteiger partial charge in [0.25, 0.3) is 0 Å². The maximum Gasteiger partial charge on any atom is 0.333 e. The van der Waals surface area contributed by atoms with E-state index in [1.807, 2.05) is 26.0 Å². The predicted octanol–water partition coefficient (Wildman–Crippen LogP) is 8.25. The Kier molecular flexibility index (Phi) is 18.4. The topological polar surface area (TPSA) is 179 Å². The van der Waals surface area contributed by atoms with E-state index in [4.69, 9.17) is 9.47 Å². The van der Waals surface area contributed by atoms with Crippen LogP contribution >= 0.6 is 0 Å². The average Bonchev–Trinajstić information content (AvgIpc) is 3.25. The van der Waals surface area contributed by atoms with Gasteiger partial charge >= 0.3 is 11.9 Å². The summed E-state index contributed by atoms with van der Waals surface area (Å²) >= 11 is 0. The molecular formula is C52H72N2O10. The molecule has 0 aromatic carbocycles. The minimum absolute atomic E-state index is 0.0896. The van der Waals surface area contributed by atoms with Gasteiger partial charge in [0, 0.05) is 58.0 Å². The summed E-state index contributed by atoms with van der Waals surface area (Å²) in [5, 5.41) is 5.96. The number of allylic oxidation sites excluding steroid dienone is 8. The lowest BCUT2D eigenvalue weighted by Crippen LogP contribution is -2.52. The number of rotatable bonds is 19. The van der Waals surface area contributed by atoms with Crippen molar-refractivity contribution in [1.82, 2.24) is 10.6 Å². The Morgan fingerprint density at radius 1 is 0.656 bits per heavy atom. The number of ketones is 2. The van der Waals surface area contributed by atoms with Gasteiger partial charge in [0.1, 0.15) is 24.8 Å². The number of aldehydes is 2. The summed E-state index contributed by atoms with van der Waals surface area (Å²) in [6.07, 6.45) is 14.2. The van der Waals surface area contributed by atoms with Crippen molar-refractivity contribution in [3.8, 4) is 0 Å². The van der Waals surface area contributed by atoms with Crippen molar-refractivity contribution in [1.29, 1.82) is 0 Å². The fourth-order valence-corrected chi connectivity index (χ4v) is 10.2. The molecule has 4 rings (SSSR count). The first-order chi connectivity index (χ1) is 30.2. The predicted molar refractivity (Wildman–Crippen MR) is 245 cm³/mol. The Bertz CT molecular complexity index is 1910. The van der Waals surface area contributed by atoms with Crippen molar-refractivity contribution < 1.29 is 47.8 Å². The molecule has 2 saturated carbocycles. The van der Waals surface area contributed by atoms with E-state index < -0.39 is 46.8 Å². The van der Waals surface area contributed by atoms with Crippen LogP contribution in [0.1, 0.15) is 146 Å². The van der Waals surface area contributed by atoms with Crippen molar-refractivity contribution >= 4 is 47.9 Å². The number of ether oxygens (including phenoxy) is 2. The third-order valence-corrected chi connectivity index (χ3v) is 14.1. The van der Waals surface area contributed by atoms with Crippen LogP contribution in [0.2, 0.25) is 0 Å². The molecule has 4 aliphatic rings. The van der Waals surface area contributed by atoms with Crippen LogP contribution in [-0.2, 0) is 47.8 Å². The lowest BCUT2D eigenvalue weighted by molar-refractivity contribution is -0.147. The Hall–Kier alpha value is -5.00. The van der Waals surface area contributed by atoms with Crippen LogP contribution in [0.3, 0.4) is 0 Å². The lowest BCUT2D eigenvalue weighted by atomic mass is 9.57. The van der Waals surface area contributed by atoms with Crippen LogP contribution in [0.15, 0.2) is 68.9 Å². The van der Waals surface area contributed by atoms with Gasteiger partial charge in [-0.1, -0.05) is 79.4 Å². The van der Waals surface area contributed by atoms with E-state index in [2.05, 4.69) is 38.3 Å². The van der Waals surface area contributed by atoms with E-state index >= 15 is 0 Å². The second-order valence-corrected chi connectivity index (χ2v) is 19.2. The highest BCUT2D eigenvalue weighted by Crippen LogP contribution is 2.54. The first kappa shape index (κ1) is 51.6. The van der Waals surface area contributed by atoms with Gasteiger partial charge in [-0.25, -0.2) is 9.59 Å². The van der Waals surface area contributed by atoms with Gasteiger partial charge in [-0.2, -0.15) is 0 Å². The third-order valence-electron chi connectivity index (χ3n) is 14.1. The summed E-state index contributed by atoms with van der Waals surface area (Å²) in [6.45, 7) is 18.9. The van der Waals surface area contributed by atoms with Crippen molar-refractivity contribution in [2.24, 2.45) is 34.5 Å². The molecule has 0 aliphatic heterocycles. The van der Waals surface area contributed by atoms with E-state index in [-0.39, 0.29) is 72.3 Å². The smallest absolute Gasteiger partial charge is 0.333 e. The zero-order valence-electron chi connectivity index (χ0n) is 39.9. The molecule has 0 radical (unpaired) electrons. The van der Waals surface area contributed by atoms with E-state index in [1.165, 1.54) is 12.2 Å². The zero-order chi connectivity index (χ0) is 47.5. The fourth-order valence-electron chi connectivity index (χ4n) is 10.2. The SMILES string of the molecule is CCCCC(C)/C=C(\C)C(=O)O[C@@H]1CC[C@H](C(=O)NCCNC(=O)[C@H]2CC[C@@H](OC(=O)/C(C)=C/C(C)CCCC)C3=CC(=O)/C(=C(\C)C=O)C[C@@]32C)[C@@]2(C)C/C(=C(/C)C=O)C(=O)C=C12. The van der Waals surface area contributed by atoms with Crippen LogP contribution in [0.25, 0.3) is 0 Å². The average molecular weight is 885 g/mol. The van der Waals surface area contributed by atoms with Crippen molar-refractivity contribution in [3.63, 3.8) is 0 Å². The molecule has 2 fully saturated rings. The van der Waals surface area contributed by atoms with Crippen LogP contribution in [0, 0.1) is 34.5 Å². The minimum atomic E-state index is -0.944. The summed E-state index contributed by atoms with van der Waals surface area (Å²) < 4.78 is 12.1. The number of carbonyl (C=O) groups excluding carboxylic acids is 8. The summed E-state index contributed by atoms with van der Waals surface area (Å²) in [4.78, 5) is 105. The number of amides is 2. The minimum Gasteiger partial charge on any atom is -0.454 e. The molecule has 2 N–H and O–H groups in total. The Balaban J connectivity index is 1.48. The highest BCUT2D eigenvalue weighted by molar-refractivity contribution is 6.10. The standard InChI is InChI=1S/C52H72N2O10/c1-11-13-15-31(3)23-33(5)49(61)63-45-19-17-39(51(9)27-37(35(7)29-55)43(57)25-41(45)51)47(59)53-21-22-54-48(60)40-18-20-46(64-50(62)34(6)24-32(4)16-14-12-2)42-26-44(58)38(36(8)30-56)28-52(40,42)10/h23-26,29-32,39-40,45-46H,11-22,27-28H2,1-10H3,(H,53,59)(H,54,60)/b33-23+,34-24+,37-35+,38-36+/t31?,32?,39-,40-,45-,46-,51-,52-/m1/s1. The molecule has 12 nitrogen and oxygen atoms in total. The molecule has 0 bridgehead atoms.